The van der Waals surface area contributed by atoms with Crippen LogP contribution in [0.3, 0.4) is 0 Å². The quantitative estimate of drug-likeness (QED) is 0.328. The topological polar surface area (TPSA) is 106 Å². The molecule has 0 unspecified atom stereocenters. The van der Waals surface area contributed by atoms with E-state index in [1.165, 1.54) is 5.57 Å². The SMILES string of the molecule is CC1=C(O)C(=O)C=C2C1=CC=C1[C@@]2(C)CC[C@@]2(C)[C@@H]3C[C@](C)(C(=O)OCC(=O)Nc4ccnc5ccccc45)CC[C@]3(C)CC[C@]12C. The van der Waals surface area contributed by atoms with Gasteiger partial charge >= 0.3 is 5.97 Å². The molecule has 7 heteroatoms. The molecule has 246 valence electrons. The molecule has 0 radical (unpaired) electrons. The maximum atomic E-state index is 13.8. The number of carbonyl (C=O) groups excluding carboxylic acids is 3. The van der Waals surface area contributed by atoms with Gasteiger partial charge in [0.05, 0.1) is 16.6 Å². The monoisotopic (exact) mass is 634 g/mol. The molecule has 3 saturated carbocycles. The Hall–Kier alpha value is -4.00. The first kappa shape index (κ1) is 31.6. The van der Waals surface area contributed by atoms with Crippen LogP contribution in [-0.4, -0.2) is 34.4 Å². The van der Waals surface area contributed by atoms with Crippen molar-refractivity contribution in [1.29, 1.82) is 0 Å². The minimum atomic E-state index is -0.693. The Kier molecular flexibility index (Phi) is 7.06. The molecule has 7 rings (SSSR count). The number of ketones is 1. The largest absolute Gasteiger partial charge is 0.504 e. The van der Waals surface area contributed by atoms with Crippen molar-refractivity contribution in [3.05, 3.63) is 82.8 Å². The van der Waals surface area contributed by atoms with Gasteiger partial charge in [-0.05, 0) is 110 Å². The van der Waals surface area contributed by atoms with Crippen LogP contribution in [0.2, 0.25) is 0 Å². The van der Waals surface area contributed by atoms with E-state index in [-0.39, 0.29) is 57.6 Å². The second-order valence-electron chi connectivity index (χ2n) is 16.1. The summed E-state index contributed by atoms with van der Waals surface area (Å²) >= 11 is 0. The number of allylic oxidation sites excluding steroid dienone is 7. The van der Waals surface area contributed by atoms with Crippen LogP contribution in [0.5, 0.6) is 0 Å². The molecule has 2 aromatic rings. The molecule has 2 N–H and O–H groups in total. The molecule has 47 heavy (non-hydrogen) atoms. The number of esters is 1. The molecule has 5 aliphatic rings. The number of aliphatic hydroxyl groups is 1. The van der Waals surface area contributed by atoms with Crippen molar-refractivity contribution in [3.63, 3.8) is 0 Å². The third-order valence-electron chi connectivity index (χ3n) is 13.6. The Labute approximate surface area is 277 Å². The van der Waals surface area contributed by atoms with E-state index in [0.717, 1.165) is 60.6 Å². The lowest BCUT2D eigenvalue weighted by Gasteiger charge is -2.70. The molecule has 0 saturated heterocycles. The highest BCUT2D eigenvalue weighted by Gasteiger charge is 2.67. The number of anilines is 1. The number of hydrogen-bond donors (Lipinski definition) is 2. The Morgan fingerprint density at radius 1 is 0.979 bits per heavy atom. The molecule has 0 aliphatic heterocycles. The fraction of sp³-hybridized carbons (Fsp3) is 0.500. The number of rotatable bonds is 4. The zero-order chi connectivity index (χ0) is 33.6. The average Bonchev–Trinajstić information content (AvgIpc) is 3.05. The van der Waals surface area contributed by atoms with Crippen LogP contribution in [0, 0.1) is 33.0 Å². The number of carbonyl (C=O) groups is 3. The van der Waals surface area contributed by atoms with E-state index in [2.05, 4.69) is 50.1 Å². The lowest BCUT2D eigenvalue weighted by atomic mass is 9.34. The molecule has 1 heterocycles. The fourth-order valence-electron chi connectivity index (χ4n) is 10.3. The van der Waals surface area contributed by atoms with Crippen molar-refractivity contribution < 1.29 is 24.2 Å². The second kappa shape index (κ2) is 10.5. The van der Waals surface area contributed by atoms with Crippen LogP contribution < -0.4 is 5.32 Å². The summed E-state index contributed by atoms with van der Waals surface area (Å²) in [5.41, 5.74) is 4.34. The normalized spacial score (nSPS) is 36.2. The Morgan fingerprint density at radius 3 is 2.51 bits per heavy atom. The summed E-state index contributed by atoms with van der Waals surface area (Å²) in [6.45, 7) is 13.1. The summed E-state index contributed by atoms with van der Waals surface area (Å²) in [6, 6.07) is 9.36. The molecule has 6 atom stereocenters. The number of aliphatic hydroxyl groups excluding tert-OH is 1. The predicted octanol–water partition coefficient (Wildman–Crippen LogP) is 8.34. The molecular weight excluding hydrogens is 588 g/mol. The minimum absolute atomic E-state index is 0.0787. The summed E-state index contributed by atoms with van der Waals surface area (Å²) < 4.78 is 5.78. The first-order chi connectivity index (χ1) is 22.2. The Morgan fingerprint density at radius 2 is 1.72 bits per heavy atom. The van der Waals surface area contributed by atoms with Crippen LogP contribution in [0.15, 0.2) is 82.8 Å². The molecule has 1 aromatic heterocycles. The van der Waals surface area contributed by atoms with Gasteiger partial charge in [0.25, 0.3) is 5.91 Å². The summed E-state index contributed by atoms with van der Waals surface area (Å²) in [5, 5.41) is 14.2. The number of ether oxygens (including phenoxy) is 1. The molecule has 0 bridgehead atoms. The minimum Gasteiger partial charge on any atom is -0.504 e. The van der Waals surface area contributed by atoms with Crippen LogP contribution >= 0.6 is 0 Å². The number of benzene rings is 1. The Bertz CT molecular complexity index is 1860. The number of aromatic nitrogens is 1. The highest BCUT2D eigenvalue weighted by molar-refractivity contribution is 6.06. The molecule has 1 aromatic carbocycles. The van der Waals surface area contributed by atoms with Crippen molar-refractivity contribution in [2.75, 3.05) is 11.9 Å². The van der Waals surface area contributed by atoms with Gasteiger partial charge in [-0.3, -0.25) is 19.4 Å². The predicted molar refractivity (Wildman–Crippen MR) is 182 cm³/mol. The van der Waals surface area contributed by atoms with Gasteiger partial charge in [0, 0.05) is 22.6 Å². The van der Waals surface area contributed by atoms with Crippen molar-refractivity contribution in [2.24, 2.45) is 33.0 Å². The summed E-state index contributed by atoms with van der Waals surface area (Å²) in [4.78, 5) is 44.0. The summed E-state index contributed by atoms with van der Waals surface area (Å²) in [5.74, 6) is -0.856. The van der Waals surface area contributed by atoms with Gasteiger partial charge in [-0.25, -0.2) is 0 Å². The number of nitrogens with zero attached hydrogens (tertiary/aromatic N) is 1. The van der Waals surface area contributed by atoms with Gasteiger partial charge in [-0.1, -0.05) is 63.6 Å². The number of amides is 1. The third kappa shape index (κ3) is 4.51. The maximum Gasteiger partial charge on any atom is 0.312 e. The molecule has 1 amide bonds. The lowest BCUT2D eigenvalue weighted by molar-refractivity contribution is -0.182. The van der Waals surface area contributed by atoms with Gasteiger partial charge in [0.2, 0.25) is 5.78 Å². The highest BCUT2D eigenvalue weighted by Crippen LogP contribution is 2.75. The van der Waals surface area contributed by atoms with E-state index in [1.807, 2.05) is 38.1 Å². The average molecular weight is 635 g/mol. The lowest BCUT2D eigenvalue weighted by Crippen LogP contribution is -2.62. The van der Waals surface area contributed by atoms with E-state index in [4.69, 9.17) is 4.74 Å². The molecule has 7 nitrogen and oxygen atoms in total. The van der Waals surface area contributed by atoms with Gasteiger partial charge in [-0.2, -0.15) is 0 Å². The zero-order valence-electron chi connectivity index (χ0n) is 28.5. The van der Waals surface area contributed by atoms with E-state index in [0.29, 0.717) is 17.7 Å². The van der Waals surface area contributed by atoms with Crippen molar-refractivity contribution in [3.8, 4) is 0 Å². The second-order valence-corrected chi connectivity index (χ2v) is 16.1. The van der Waals surface area contributed by atoms with Gasteiger partial charge in [0.15, 0.2) is 12.4 Å². The fourth-order valence-corrected chi connectivity index (χ4v) is 10.3. The van der Waals surface area contributed by atoms with Crippen molar-refractivity contribution in [2.45, 2.75) is 86.5 Å². The number of fused-ring (bicyclic) bond motifs is 8. The van der Waals surface area contributed by atoms with Crippen LogP contribution in [0.4, 0.5) is 5.69 Å². The van der Waals surface area contributed by atoms with E-state index >= 15 is 0 Å². The van der Waals surface area contributed by atoms with Crippen LogP contribution in [0.25, 0.3) is 10.9 Å². The smallest absolute Gasteiger partial charge is 0.312 e. The maximum absolute atomic E-state index is 13.8. The molecule has 0 spiro atoms. The van der Waals surface area contributed by atoms with Gasteiger partial charge < -0.3 is 15.2 Å². The summed E-state index contributed by atoms with van der Waals surface area (Å²) in [6.07, 6.45) is 14.1. The van der Waals surface area contributed by atoms with Crippen LogP contribution in [-0.2, 0) is 19.1 Å². The number of nitrogens with one attached hydrogen (secondary N) is 1. The van der Waals surface area contributed by atoms with E-state index in [9.17, 15) is 19.5 Å². The first-order valence-electron chi connectivity index (χ1n) is 17.1. The third-order valence-corrected chi connectivity index (χ3v) is 13.6. The molecule has 5 aliphatic carbocycles. The van der Waals surface area contributed by atoms with Crippen molar-refractivity contribution >= 4 is 34.3 Å². The highest BCUT2D eigenvalue weighted by atomic mass is 16.5. The Balaban J connectivity index is 1.13. The number of para-hydroxylation sites is 1. The summed E-state index contributed by atoms with van der Waals surface area (Å²) in [7, 11) is 0. The number of pyridine rings is 1. The first-order valence-corrected chi connectivity index (χ1v) is 17.1. The van der Waals surface area contributed by atoms with E-state index < -0.39 is 5.41 Å². The van der Waals surface area contributed by atoms with Crippen molar-refractivity contribution in [1.82, 2.24) is 4.98 Å². The standard InChI is InChI=1S/C40H46N2O5/c1-24-25-11-12-31-38(4,27(25)21-30(43)34(24)45)17-19-40(6)32-22-37(3,15-14-36(32,2)16-18-39(31,40)5)35(46)47-23-33(44)42-29-13-20-41-28-10-8-7-9-26(28)29/h7-13,20-21,32,45H,14-19,22-23H2,1-6H3,(H,41,42,44)/t32-,36-,37-,38+,39-,40+/m1/s1. The van der Waals surface area contributed by atoms with Crippen LogP contribution in [0.1, 0.15) is 86.5 Å². The molecule has 3 fully saturated rings. The van der Waals surface area contributed by atoms with Gasteiger partial charge in [0.1, 0.15) is 0 Å². The zero-order valence-corrected chi connectivity index (χ0v) is 28.5. The number of hydrogen-bond acceptors (Lipinski definition) is 6. The molecular formula is C40H46N2O5. The van der Waals surface area contributed by atoms with E-state index in [1.54, 1.807) is 18.3 Å². The van der Waals surface area contributed by atoms with Gasteiger partial charge in [-0.15, -0.1) is 0 Å².